The highest BCUT2D eigenvalue weighted by Crippen LogP contribution is 2.26. The van der Waals surface area contributed by atoms with E-state index in [0.29, 0.717) is 12.0 Å². The minimum atomic E-state index is 0.157. The molecule has 2 heterocycles. The van der Waals surface area contributed by atoms with Gasteiger partial charge in [-0.3, -0.25) is 9.89 Å². The van der Waals surface area contributed by atoms with E-state index in [1.165, 1.54) is 0 Å². The van der Waals surface area contributed by atoms with Crippen LogP contribution in [0.25, 0.3) is 11.1 Å². The minimum Gasteiger partial charge on any atom is -0.335 e. The highest BCUT2D eigenvalue weighted by Gasteiger charge is 2.31. The van der Waals surface area contributed by atoms with Crippen molar-refractivity contribution in [1.82, 2.24) is 15.1 Å². The lowest BCUT2D eigenvalue weighted by molar-refractivity contribution is 0.0701. The van der Waals surface area contributed by atoms with Crippen molar-refractivity contribution in [3.8, 4) is 11.1 Å². The van der Waals surface area contributed by atoms with Crippen LogP contribution in [-0.2, 0) is 0 Å². The maximum atomic E-state index is 12.7. The van der Waals surface area contributed by atoms with Crippen molar-refractivity contribution in [3.05, 3.63) is 42.2 Å². The van der Waals surface area contributed by atoms with Crippen LogP contribution >= 0.6 is 0 Å². The Hall–Kier alpha value is -2.10. The second kappa shape index (κ2) is 5.72. The molecule has 2 aromatic rings. The molecule has 1 aliphatic heterocycles. The molecule has 1 N–H and O–H groups in total. The number of nitrogens with zero attached hydrogens (tertiary/aromatic N) is 2. The molecule has 3 rings (SSSR count). The van der Waals surface area contributed by atoms with Crippen LogP contribution < -0.4 is 0 Å². The number of hydrogen-bond acceptors (Lipinski definition) is 2. The van der Waals surface area contributed by atoms with Gasteiger partial charge in [-0.15, -0.1) is 0 Å². The first kappa shape index (κ1) is 13.9. The molecule has 1 aromatic heterocycles. The van der Waals surface area contributed by atoms with Crippen LogP contribution in [0.5, 0.6) is 0 Å². The molecule has 0 spiro atoms. The molecule has 1 saturated heterocycles. The second-order valence-corrected chi connectivity index (χ2v) is 6.02. The van der Waals surface area contributed by atoms with Gasteiger partial charge >= 0.3 is 0 Å². The van der Waals surface area contributed by atoms with Crippen LogP contribution in [0.15, 0.2) is 36.7 Å². The number of carbonyl (C=O) groups is 1. The summed E-state index contributed by atoms with van der Waals surface area (Å²) < 4.78 is 0. The lowest BCUT2D eigenvalue weighted by atomic mass is 10.0. The highest BCUT2D eigenvalue weighted by atomic mass is 16.2. The van der Waals surface area contributed by atoms with Gasteiger partial charge in [0.05, 0.1) is 6.20 Å². The lowest BCUT2D eigenvalue weighted by Gasteiger charge is -2.27. The summed E-state index contributed by atoms with van der Waals surface area (Å²) in [7, 11) is 0. The van der Waals surface area contributed by atoms with E-state index in [-0.39, 0.29) is 5.91 Å². The summed E-state index contributed by atoms with van der Waals surface area (Å²) in [6.07, 6.45) is 5.87. The predicted octanol–water partition coefficient (Wildman–Crippen LogP) is 3.34. The largest absolute Gasteiger partial charge is 0.335 e. The molecule has 1 unspecified atom stereocenters. The fourth-order valence-corrected chi connectivity index (χ4v) is 3.12. The molecular formula is C17H21N3O. The van der Waals surface area contributed by atoms with E-state index in [2.05, 4.69) is 24.0 Å². The fourth-order valence-electron chi connectivity index (χ4n) is 3.12. The fraction of sp³-hybridized carbons (Fsp3) is 0.412. The van der Waals surface area contributed by atoms with Gasteiger partial charge in [0.25, 0.3) is 5.91 Å². The third kappa shape index (κ3) is 2.71. The molecule has 0 saturated carbocycles. The number of H-pyrrole nitrogens is 1. The first-order valence-electron chi connectivity index (χ1n) is 7.57. The van der Waals surface area contributed by atoms with E-state index in [0.717, 1.165) is 36.1 Å². The Morgan fingerprint density at radius 1 is 1.29 bits per heavy atom. The van der Waals surface area contributed by atoms with Crippen molar-refractivity contribution in [1.29, 1.82) is 0 Å². The average Bonchev–Trinajstić information content (AvgIpc) is 3.18. The highest BCUT2D eigenvalue weighted by molar-refractivity contribution is 5.95. The average molecular weight is 283 g/mol. The summed E-state index contributed by atoms with van der Waals surface area (Å²) in [5.41, 5.74) is 2.88. The standard InChI is InChI=1S/C17H21N3O/c1-12(2)16-4-3-9-20(16)17(21)14-7-5-13(6-8-14)15-10-18-19-11-15/h5-8,10-12,16H,3-4,9H2,1-2H3,(H,18,19). The molecule has 1 amide bonds. The molecule has 1 atom stereocenters. The zero-order chi connectivity index (χ0) is 14.8. The molecule has 110 valence electrons. The molecule has 1 aromatic carbocycles. The summed E-state index contributed by atoms with van der Waals surface area (Å²) in [5, 5.41) is 6.75. The molecule has 0 aliphatic carbocycles. The van der Waals surface area contributed by atoms with Crippen LogP contribution in [0.1, 0.15) is 37.0 Å². The smallest absolute Gasteiger partial charge is 0.254 e. The van der Waals surface area contributed by atoms with Crippen LogP contribution in [0.2, 0.25) is 0 Å². The van der Waals surface area contributed by atoms with Gasteiger partial charge in [-0.05, 0) is 36.5 Å². The van der Waals surface area contributed by atoms with Crippen LogP contribution in [-0.4, -0.2) is 33.6 Å². The third-order valence-corrected chi connectivity index (χ3v) is 4.29. The first-order valence-corrected chi connectivity index (χ1v) is 7.57. The topological polar surface area (TPSA) is 49.0 Å². The number of aromatic amines is 1. The summed E-state index contributed by atoms with van der Waals surface area (Å²) in [6.45, 7) is 5.27. The van der Waals surface area contributed by atoms with Gasteiger partial charge in [0.1, 0.15) is 0 Å². The SMILES string of the molecule is CC(C)C1CCCN1C(=O)c1ccc(-c2cn[nH]c2)cc1. The van der Waals surface area contributed by atoms with Gasteiger partial charge in [-0.25, -0.2) is 0 Å². The van der Waals surface area contributed by atoms with E-state index in [1.54, 1.807) is 6.20 Å². The number of nitrogens with one attached hydrogen (secondary N) is 1. The Morgan fingerprint density at radius 3 is 2.67 bits per heavy atom. The molecule has 0 radical (unpaired) electrons. The van der Waals surface area contributed by atoms with Crippen LogP contribution in [0, 0.1) is 5.92 Å². The number of rotatable bonds is 3. The van der Waals surface area contributed by atoms with Crippen molar-refractivity contribution in [3.63, 3.8) is 0 Å². The number of hydrogen-bond donors (Lipinski definition) is 1. The molecule has 4 heteroatoms. The molecule has 1 aliphatic rings. The van der Waals surface area contributed by atoms with Gasteiger partial charge in [0.2, 0.25) is 0 Å². The summed E-state index contributed by atoms with van der Waals surface area (Å²) >= 11 is 0. The van der Waals surface area contributed by atoms with Crippen molar-refractivity contribution in [2.75, 3.05) is 6.54 Å². The van der Waals surface area contributed by atoms with Crippen molar-refractivity contribution >= 4 is 5.91 Å². The van der Waals surface area contributed by atoms with Crippen molar-refractivity contribution in [2.24, 2.45) is 5.92 Å². The summed E-state index contributed by atoms with van der Waals surface area (Å²) in [4.78, 5) is 14.7. The van der Waals surface area contributed by atoms with Gasteiger partial charge in [0, 0.05) is 29.9 Å². The molecule has 21 heavy (non-hydrogen) atoms. The quantitative estimate of drug-likeness (QED) is 0.939. The number of likely N-dealkylation sites (tertiary alicyclic amines) is 1. The zero-order valence-corrected chi connectivity index (χ0v) is 12.5. The van der Waals surface area contributed by atoms with Gasteiger partial charge in [-0.1, -0.05) is 26.0 Å². The monoisotopic (exact) mass is 283 g/mol. The normalized spacial score (nSPS) is 18.4. The van der Waals surface area contributed by atoms with E-state index in [4.69, 9.17) is 0 Å². The first-order chi connectivity index (χ1) is 10.2. The second-order valence-electron chi connectivity index (χ2n) is 6.02. The van der Waals surface area contributed by atoms with Gasteiger partial charge < -0.3 is 4.90 Å². The maximum Gasteiger partial charge on any atom is 0.254 e. The Bertz CT molecular complexity index is 601. The maximum absolute atomic E-state index is 12.7. The van der Waals surface area contributed by atoms with E-state index >= 15 is 0 Å². The van der Waals surface area contributed by atoms with Crippen LogP contribution in [0.3, 0.4) is 0 Å². The Labute approximate surface area is 125 Å². The Balaban J connectivity index is 1.79. The van der Waals surface area contributed by atoms with Crippen molar-refractivity contribution in [2.45, 2.75) is 32.7 Å². The predicted molar refractivity (Wildman–Crippen MR) is 82.9 cm³/mol. The van der Waals surface area contributed by atoms with Gasteiger partial charge in [-0.2, -0.15) is 5.10 Å². The Morgan fingerprint density at radius 2 is 2.05 bits per heavy atom. The number of benzene rings is 1. The van der Waals surface area contributed by atoms with E-state index < -0.39 is 0 Å². The van der Waals surface area contributed by atoms with Crippen molar-refractivity contribution < 1.29 is 4.79 Å². The number of aromatic nitrogens is 2. The minimum absolute atomic E-state index is 0.157. The summed E-state index contributed by atoms with van der Waals surface area (Å²) in [6, 6.07) is 8.18. The summed E-state index contributed by atoms with van der Waals surface area (Å²) in [5.74, 6) is 0.673. The Kier molecular flexibility index (Phi) is 3.78. The number of carbonyl (C=O) groups excluding carboxylic acids is 1. The molecule has 1 fully saturated rings. The van der Waals surface area contributed by atoms with Gasteiger partial charge in [0.15, 0.2) is 0 Å². The van der Waals surface area contributed by atoms with E-state index in [9.17, 15) is 4.79 Å². The van der Waals surface area contributed by atoms with Crippen LogP contribution in [0.4, 0.5) is 0 Å². The number of amides is 1. The molecule has 0 bridgehead atoms. The zero-order valence-electron chi connectivity index (χ0n) is 12.5. The van der Waals surface area contributed by atoms with E-state index in [1.807, 2.05) is 35.4 Å². The third-order valence-electron chi connectivity index (χ3n) is 4.29. The lowest BCUT2D eigenvalue weighted by Crippen LogP contribution is -2.38. The molecular weight excluding hydrogens is 262 g/mol. The molecule has 4 nitrogen and oxygen atoms in total.